The number of nitro benzene ring substituents is 1. The molecule has 0 fully saturated rings. The van der Waals surface area contributed by atoms with Crippen molar-refractivity contribution in [3.8, 4) is 11.1 Å². The molecule has 0 aliphatic rings. The van der Waals surface area contributed by atoms with Gasteiger partial charge in [-0.05, 0) is 24.3 Å². The SMILES string of the molecule is O=C(O)c1ccccc1Sc1ccccc1-c1ccccc1[N+](=O)[O-]. The second kappa shape index (κ2) is 7.19. The molecule has 3 aromatic carbocycles. The molecular weight excluding hydrogens is 338 g/mol. The van der Waals surface area contributed by atoms with Crippen LogP contribution in [0.25, 0.3) is 11.1 Å². The smallest absolute Gasteiger partial charge is 0.336 e. The van der Waals surface area contributed by atoms with Crippen LogP contribution >= 0.6 is 11.8 Å². The highest BCUT2D eigenvalue weighted by molar-refractivity contribution is 7.99. The van der Waals surface area contributed by atoms with Crippen LogP contribution in [-0.2, 0) is 0 Å². The zero-order valence-corrected chi connectivity index (χ0v) is 13.8. The fraction of sp³-hybridized carbons (Fsp3) is 0. The first-order valence-electron chi connectivity index (χ1n) is 7.41. The number of hydrogen-bond donors (Lipinski definition) is 1. The Morgan fingerprint density at radius 1 is 0.840 bits per heavy atom. The Hall–Kier alpha value is -3.12. The van der Waals surface area contributed by atoms with Crippen molar-refractivity contribution in [2.24, 2.45) is 0 Å². The van der Waals surface area contributed by atoms with E-state index in [1.165, 1.54) is 23.9 Å². The third-order valence-electron chi connectivity index (χ3n) is 3.62. The molecule has 0 amide bonds. The van der Waals surface area contributed by atoms with Gasteiger partial charge in [-0.2, -0.15) is 0 Å². The number of hydrogen-bond acceptors (Lipinski definition) is 4. The summed E-state index contributed by atoms with van der Waals surface area (Å²) in [6.07, 6.45) is 0. The molecular formula is C19H13NO4S. The van der Waals surface area contributed by atoms with Crippen molar-refractivity contribution in [1.82, 2.24) is 0 Å². The minimum Gasteiger partial charge on any atom is -0.478 e. The molecule has 0 atom stereocenters. The van der Waals surface area contributed by atoms with Crippen molar-refractivity contribution in [2.45, 2.75) is 9.79 Å². The lowest BCUT2D eigenvalue weighted by atomic mass is 10.0. The third kappa shape index (κ3) is 3.54. The lowest BCUT2D eigenvalue weighted by molar-refractivity contribution is -0.384. The lowest BCUT2D eigenvalue weighted by Crippen LogP contribution is -1.98. The van der Waals surface area contributed by atoms with Crippen LogP contribution < -0.4 is 0 Å². The van der Waals surface area contributed by atoms with Gasteiger partial charge in [-0.15, -0.1) is 0 Å². The highest BCUT2D eigenvalue weighted by Crippen LogP contribution is 2.40. The zero-order chi connectivity index (χ0) is 17.8. The molecule has 1 N–H and O–H groups in total. The zero-order valence-electron chi connectivity index (χ0n) is 13.0. The third-order valence-corrected chi connectivity index (χ3v) is 4.77. The lowest BCUT2D eigenvalue weighted by Gasteiger charge is -2.11. The molecule has 0 unspecified atom stereocenters. The maximum atomic E-state index is 11.4. The maximum Gasteiger partial charge on any atom is 0.336 e. The van der Waals surface area contributed by atoms with E-state index < -0.39 is 10.9 Å². The Morgan fingerprint density at radius 2 is 1.40 bits per heavy atom. The number of carboxylic acid groups (broad SMARTS) is 1. The van der Waals surface area contributed by atoms with E-state index >= 15 is 0 Å². The van der Waals surface area contributed by atoms with E-state index in [9.17, 15) is 20.0 Å². The van der Waals surface area contributed by atoms with Crippen molar-refractivity contribution in [3.05, 3.63) is 88.5 Å². The van der Waals surface area contributed by atoms with E-state index in [1.807, 2.05) is 12.1 Å². The number of benzene rings is 3. The molecule has 0 heterocycles. The van der Waals surface area contributed by atoms with Gasteiger partial charge in [-0.1, -0.05) is 54.2 Å². The van der Waals surface area contributed by atoms with Gasteiger partial charge in [0.25, 0.3) is 5.69 Å². The highest BCUT2D eigenvalue weighted by atomic mass is 32.2. The Bertz CT molecular complexity index is 955. The first-order chi connectivity index (χ1) is 12.1. The predicted octanol–water partition coefficient (Wildman–Crippen LogP) is 5.11. The average molecular weight is 351 g/mol. The van der Waals surface area contributed by atoms with Gasteiger partial charge in [-0.25, -0.2) is 4.79 Å². The fourth-order valence-electron chi connectivity index (χ4n) is 2.49. The highest BCUT2D eigenvalue weighted by Gasteiger charge is 2.18. The topological polar surface area (TPSA) is 80.4 Å². The van der Waals surface area contributed by atoms with Crippen LogP contribution in [0.15, 0.2) is 82.6 Å². The molecule has 0 saturated carbocycles. The van der Waals surface area contributed by atoms with Crippen LogP contribution in [0.1, 0.15) is 10.4 Å². The van der Waals surface area contributed by atoms with Crippen LogP contribution in [0.4, 0.5) is 5.69 Å². The van der Waals surface area contributed by atoms with Gasteiger partial charge in [0.1, 0.15) is 0 Å². The Balaban J connectivity index is 2.10. The van der Waals surface area contributed by atoms with E-state index in [4.69, 9.17) is 0 Å². The van der Waals surface area contributed by atoms with Gasteiger partial charge >= 0.3 is 5.97 Å². The molecule has 0 radical (unpaired) electrons. The summed E-state index contributed by atoms with van der Waals surface area (Å²) in [7, 11) is 0. The summed E-state index contributed by atoms with van der Waals surface area (Å²) in [5.74, 6) is -1.01. The molecule has 5 nitrogen and oxygen atoms in total. The van der Waals surface area contributed by atoms with Gasteiger partial charge in [0.2, 0.25) is 0 Å². The van der Waals surface area contributed by atoms with Crippen molar-refractivity contribution < 1.29 is 14.8 Å². The van der Waals surface area contributed by atoms with Gasteiger partial charge in [0, 0.05) is 21.4 Å². The molecule has 25 heavy (non-hydrogen) atoms. The van der Waals surface area contributed by atoms with Crippen molar-refractivity contribution in [3.63, 3.8) is 0 Å². The van der Waals surface area contributed by atoms with E-state index in [2.05, 4.69) is 0 Å². The Kier molecular flexibility index (Phi) is 4.81. The molecule has 3 rings (SSSR count). The standard InChI is InChI=1S/C19H13NO4S/c21-19(22)15-9-3-6-12-18(15)25-17-11-5-2-8-14(17)13-7-1-4-10-16(13)20(23)24/h1-12H,(H,21,22). The maximum absolute atomic E-state index is 11.4. The predicted molar refractivity (Wildman–Crippen MR) is 96.1 cm³/mol. The summed E-state index contributed by atoms with van der Waals surface area (Å²) in [6, 6.07) is 20.5. The molecule has 0 aliphatic carbocycles. The summed E-state index contributed by atoms with van der Waals surface area (Å²) in [6.45, 7) is 0. The molecule has 0 spiro atoms. The molecule has 0 saturated heterocycles. The molecule has 0 aliphatic heterocycles. The van der Waals surface area contributed by atoms with Crippen LogP contribution in [0.5, 0.6) is 0 Å². The molecule has 124 valence electrons. The second-order valence-electron chi connectivity index (χ2n) is 5.17. The van der Waals surface area contributed by atoms with E-state index in [-0.39, 0.29) is 11.3 Å². The monoisotopic (exact) mass is 351 g/mol. The number of nitro groups is 1. The fourth-order valence-corrected chi connectivity index (χ4v) is 3.57. The molecule has 6 heteroatoms. The first-order valence-corrected chi connectivity index (χ1v) is 8.22. The normalized spacial score (nSPS) is 10.4. The summed E-state index contributed by atoms with van der Waals surface area (Å²) < 4.78 is 0. The second-order valence-corrected chi connectivity index (χ2v) is 6.26. The van der Waals surface area contributed by atoms with Crippen LogP contribution in [0.2, 0.25) is 0 Å². The minimum atomic E-state index is -1.01. The molecule has 3 aromatic rings. The van der Waals surface area contributed by atoms with Gasteiger partial charge in [0.05, 0.1) is 16.1 Å². The van der Waals surface area contributed by atoms with Crippen LogP contribution in [0.3, 0.4) is 0 Å². The number of carbonyl (C=O) groups is 1. The summed E-state index contributed by atoms with van der Waals surface area (Å²) >= 11 is 1.28. The summed E-state index contributed by atoms with van der Waals surface area (Å²) in [5.41, 5.74) is 1.41. The largest absolute Gasteiger partial charge is 0.478 e. The van der Waals surface area contributed by atoms with Gasteiger partial charge in [-0.3, -0.25) is 10.1 Å². The Morgan fingerprint density at radius 3 is 2.08 bits per heavy atom. The van der Waals surface area contributed by atoms with Crippen LogP contribution in [0, 0.1) is 10.1 Å². The number of rotatable bonds is 5. The summed E-state index contributed by atoms with van der Waals surface area (Å²) in [4.78, 5) is 23.7. The average Bonchev–Trinajstić information content (AvgIpc) is 2.62. The van der Waals surface area contributed by atoms with Gasteiger partial charge in [0.15, 0.2) is 0 Å². The Labute approximate surface area is 148 Å². The molecule has 0 bridgehead atoms. The number of aromatic carboxylic acids is 1. The van der Waals surface area contributed by atoms with Gasteiger partial charge < -0.3 is 5.11 Å². The molecule has 0 aromatic heterocycles. The number of nitrogens with zero attached hydrogens (tertiary/aromatic N) is 1. The summed E-state index contributed by atoms with van der Waals surface area (Å²) in [5, 5.41) is 20.7. The van der Waals surface area contributed by atoms with E-state index in [0.717, 1.165) is 4.90 Å². The van der Waals surface area contributed by atoms with Crippen molar-refractivity contribution in [2.75, 3.05) is 0 Å². The van der Waals surface area contributed by atoms with Crippen molar-refractivity contribution >= 4 is 23.4 Å². The number of carboxylic acids is 1. The van der Waals surface area contributed by atoms with E-state index in [1.54, 1.807) is 48.5 Å². The van der Waals surface area contributed by atoms with Crippen molar-refractivity contribution in [1.29, 1.82) is 0 Å². The van der Waals surface area contributed by atoms with E-state index in [0.29, 0.717) is 16.0 Å². The minimum absolute atomic E-state index is 0.0158. The van der Waals surface area contributed by atoms with Crippen LogP contribution in [-0.4, -0.2) is 16.0 Å². The quantitative estimate of drug-likeness (QED) is 0.510. The number of para-hydroxylation sites is 1. The first kappa shape index (κ1) is 16.7.